The Bertz CT molecular complexity index is 785. The Morgan fingerprint density at radius 2 is 1.83 bits per heavy atom. The fraction of sp³-hybridized carbons (Fsp3) is 0.133. The van der Waals surface area contributed by atoms with E-state index in [4.69, 9.17) is 39.5 Å². The van der Waals surface area contributed by atoms with Crippen molar-refractivity contribution >= 4 is 58.2 Å². The van der Waals surface area contributed by atoms with Crippen molar-refractivity contribution in [1.29, 1.82) is 0 Å². The molecule has 0 bridgehead atoms. The van der Waals surface area contributed by atoms with E-state index in [-0.39, 0.29) is 22.9 Å². The molecule has 5 nitrogen and oxygen atoms in total. The lowest BCUT2D eigenvalue weighted by Crippen LogP contribution is -2.08. The van der Waals surface area contributed by atoms with Crippen molar-refractivity contribution in [2.75, 3.05) is 12.4 Å². The summed E-state index contributed by atoms with van der Waals surface area (Å²) >= 11 is 19.0. The number of thioether (sulfide) groups is 1. The number of hydrogen-bond acceptors (Lipinski definition) is 5. The summed E-state index contributed by atoms with van der Waals surface area (Å²) in [6.45, 7) is 0.114. The molecule has 0 unspecified atom stereocenters. The maximum Gasteiger partial charge on any atom is 0.338 e. The van der Waals surface area contributed by atoms with Gasteiger partial charge < -0.3 is 4.74 Å². The molecular weight excluding hydrogens is 397 g/mol. The van der Waals surface area contributed by atoms with Gasteiger partial charge in [0.2, 0.25) is 0 Å². The zero-order valence-electron chi connectivity index (χ0n) is 12.0. The lowest BCUT2D eigenvalue weighted by molar-refractivity contribution is -0.384. The van der Waals surface area contributed by atoms with Crippen molar-refractivity contribution in [2.24, 2.45) is 0 Å². The van der Waals surface area contributed by atoms with Gasteiger partial charge in [0, 0.05) is 21.7 Å². The number of nitrogens with zero attached hydrogens (tertiary/aromatic N) is 1. The minimum Gasteiger partial charge on any atom is -0.461 e. The Morgan fingerprint density at radius 1 is 1.12 bits per heavy atom. The zero-order chi connectivity index (χ0) is 17.7. The molecule has 0 aliphatic heterocycles. The Hall–Kier alpha value is -1.47. The highest BCUT2D eigenvalue weighted by Crippen LogP contribution is 2.30. The summed E-state index contributed by atoms with van der Waals surface area (Å²) in [6, 6.07) is 8.84. The molecule has 0 fully saturated rings. The van der Waals surface area contributed by atoms with E-state index < -0.39 is 10.9 Å². The number of carbonyl (C=O) groups is 1. The van der Waals surface area contributed by atoms with Gasteiger partial charge in [-0.05, 0) is 30.3 Å². The molecule has 9 heteroatoms. The molecule has 0 radical (unpaired) electrons. The molecule has 2 rings (SSSR count). The van der Waals surface area contributed by atoms with Gasteiger partial charge in [-0.15, -0.1) is 11.8 Å². The monoisotopic (exact) mass is 405 g/mol. The highest BCUT2D eigenvalue weighted by Gasteiger charge is 2.17. The van der Waals surface area contributed by atoms with Crippen molar-refractivity contribution in [1.82, 2.24) is 0 Å². The highest BCUT2D eigenvalue weighted by molar-refractivity contribution is 7.99. The third-order valence-electron chi connectivity index (χ3n) is 2.85. The Balaban J connectivity index is 1.91. The summed E-state index contributed by atoms with van der Waals surface area (Å²) in [5.41, 5.74) is -0.275. The topological polar surface area (TPSA) is 69.4 Å². The zero-order valence-corrected chi connectivity index (χ0v) is 15.1. The summed E-state index contributed by atoms with van der Waals surface area (Å²) in [4.78, 5) is 22.9. The third-order valence-corrected chi connectivity index (χ3v) is 4.86. The normalized spacial score (nSPS) is 10.5. The van der Waals surface area contributed by atoms with Gasteiger partial charge in [-0.1, -0.05) is 34.8 Å². The number of hydrogen-bond donors (Lipinski definition) is 0. The average molecular weight is 407 g/mol. The van der Waals surface area contributed by atoms with Crippen LogP contribution in [0.5, 0.6) is 0 Å². The van der Waals surface area contributed by atoms with E-state index in [1.807, 2.05) is 0 Å². The van der Waals surface area contributed by atoms with E-state index in [0.717, 1.165) is 11.0 Å². The summed E-state index contributed by atoms with van der Waals surface area (Å²) in [5, 5.41) is 11.9. The first-order chi connectivity index (χ1) is 11.4. The van der Waals surface area contributed by atoms with Crippen LogP contribution < -0.4 is 0 Å². The van der Waals surface area contributed by atoms with Crippen LogP contribution in [0.1, 0.15) is 10.4 Å². The largest absolute Gasteiger partial charge is 0.461 e. The van der Waals surface area contributed by atoms with Gasteiger partial charge >= 0.3 is 5.97 Å². The summed E-state index contributed by atoms with van der Waals surface area (Å²) in [5.74, 6) is -0.200. The molecule has 0 amide bonds. The molecule has 0 saturated carbocycles. The van der Waals surface area contributed by atoms with Crippen LogP contribution in [0, 0.1) is 10.1 Å². The van der Waals surface area contributed by atoms with Crippen LogP contribution in [0.15, 0.2) is 41.3 Å². The summed E-state index contributed by atoms with van der Waals surface area (Å²) < 4.78 is 5.09. The SMILES string of the molecule is O=C(OCCSc1cc(Cl)ccc1Cl)c1ccc(Cl)c([N+](=O)[O-])c1. The van der Waals surface area contributed by atoms with Crippen LogP contribution in [-0.2, 0) is 4.74 Å². The summed E-state index contributed by atoms with van der Waals surface area (Å²) in [6.07, 6.45) is 0. The van der Waals surface area contributed by atoms with E-state index in [1.165, 1.54) is 23.9 Å². The second-order valence-electron chi connectivity index (χ2n) is 4.48. The minimum absolute atomic E-state index is 0.0392. The Kier molecular flexibility index (Phi) is 6.74. The molecule has 0 aliphatic carbocycles. The first kappa shape index (κ1) is 18.9. The van der Waals surface area contributed by atoms with E-state index >= 15 is 0 Å². The molecule has 0 aromatic heterocycles. The molecule has 126 valence electrons. The number of nitro groups is 1. The number of nitro benzene ring substituents is 1. The number of ether oxygens (including phenoxy) is 1. The molecular formula is C15H10Cl3NO4S. The van der Waals surface area contributed by atoms with E-state index in [2.05, 4.69) is 0 Å². The second-order valence-corrected chi connectivity index (χ2v) is 6.87. The fourth-order valence-electron chi connectivity index (χ4n) is 1.74. The number of carbonyl (C=O) groups excluding carboxylic acids is 1. The predicted octanol–water partition coefficient (Wildman–Crippen LogP) is 5.50. The van der Waals surface area contributed by atoms with Crippen molar-refractivity contribution in [3.05, 3.63) is 67.1 Å². The fourth-order valence-corrected chi connectivity index (χ4v) is 3.24. The van der Waals surface area contributed by atoms with Gasteiger partial charge in [0.25, 0.3) is 5.69 Å². The van der Waals surface area contributed by atoms with Crippen molar-refractivity contribution < 1.29 is 14.5 Å². The van der Waals surface area contributed by atoms with Crippen LogP contribution in [0.2, 0.25) is 15.1 Å². The first-order valence-electron chi connectivity index (χ1n) is 6.57. The molecule has 24 heavy (non-hydrogen) atoms. The molecule has 0 spiro atoms. The highest BCUT2D eigenvalue weighted by atomic mass is 35.5. The van der Waals surface area contributed by atoms with Crippen LogP contribution >= 0.6 is 46.6 Å². The Morgan fingerprint density at radius 3 is 2.54 bits per heavy atom. The molecule has 0 N–H and O–H groups in total. The van der Waals surface area contributed by atoms with Crippen LogP contribution in [-0.4, -0.2) is 23.3 Å². The van der Waals surface area contributed by atoms with Crippen LogP contribution in [0.25, 0.3) is 0 Å². The molecule has 0 aliphatic rings. The number of rotatable bonds is 6. The molecule has 0 saturated heterocycles. The van der Waals surface area contributed by atoms with Gasteiger partial charge in [-0.2, -0.15) is 0 Å². The predicted molar refractivity (Wildman–Crippen MR) is 95.6 cm³/mol. The van der Waals surface area contributed by atoms with Crippen molar-refractivity contribution in [2.45, 2.75) is 4.90 Å². The molecule has 0 atom stereocenters. The lowest BCUT2D eigenvalue weighted by atomic mass is 10.2. The second kappa shape index (κ2) is 8.58. The molecule has 0 heterocycles. The lowest BCUT2D eigenvalue weighted by Gasteiger charge is -2.07. The Labute approximate surface area is 157 Å². The number of esters is 1. The van der Waals surface area contributed by atoms with Crippen LogP contribution in [0.3, 0.4) is 0 Å². The van der Waals surface area contributed by atoms with Crippen molar-refractivity contribution in [3.8, 4) is 0 Å². The maximum absolute atomic E-state index is 11.9. The maximum atomic E-state index is 11.9. The number of halogens is 3. The quantitative estimate of drug-likeness (QED) is 0.208. The van der Waals surface area contributed by atoms with Crippen molar-refractivity contribution in [3.63, 3.8) is 0 Å². The van der Waals surface area contributed by atoms with Gasteiger partial charge in [0.15, 0.2) is 0 Å². The van der Waals surface area contributed by atoms with E-state index in [1.54, 1.807) is 18.2 Å². The van der Waals surface area contributed by atoms with Gasteiger partial charge in [-0.3, -0.25) is 10.1 Å². The first-order valence-corrected chi connectivity index (χ1v) is 8.69. The minimum atomic E-state index is -0.660. The number of benzene rings is 2. The van der Waals surface area contributed by atoms with E-state index in [9.17, 15) is 14.9 Å². The van der Waals surface area contributed by atoms with Crippen LogP contribution in [0.4, 0.5) is 5.69 Å². The molecule has 2 aromatic rings. The molecule has 2 aromatic carbocycles. The van der Waals surface area contributed by atoms with Gasteiger partial charge in [-0.25, -0.2) is 4.79 Å². The van der Waals surface area contributed by atoms with Gasteiger partial charge in [0.1, 0.15) is 11.6 Å². The average Bonchev–Trinajstić information content (AvgIpc) is 2.54. The smallest absolute Gasteiger partial charge is 0.338 e. The standard InChI is InChI=1S/C15H10Cl3NO4S/c16-10-2-4-12(18)14(8-10)24-6-5-23-15(20)9-1-3-11(17)13(7-9)19(21)22/h1-4,7-8H,5-6H2. The van der Waals surface area contributed by atoms with E-state index in [0.29, 0.717) is 15.8 Å². The van der Waals surface area contributed by atoms with Gasteiger partial charge in [0.05, 0.1) is 15.5 Å². The third kappa shape index (κ3) is 5.01. The summed E-state index contributed by atoms with van der Waals surface area (Å²) in [7, 11) is 0.